The van der Waals surface area contributed by atoms with E-state index in [0.717, 1.165) is 19.0 Å². The molecule has 0 N–H and O–H groups in total. The summed E-state index contributed by atoms with van der Waals surface area (Å²) in [5.74, 6) is 0.801. The molecule has 2 atom stereocenters. The van der Waals surface area contributed by atoms with Gasteiger partial charge in [-0.25, -0.2) is 4.79 Å². The van der Waals surface area contributed by atoms with Crippen LogP contribution in [0.1, 0.15) is 46.5 Å². The maximum Gasteiger partial charge on any atom is 0.410 e. The van der Waals surface area contributed by atoms with E-state index < -0.39 is 0 Å². The monoisotopic (exact) mass is 280 g/mol. The van der Waals surface area contributed by atoms with Gasteiger partial charge in [-0.15, -0.1) is 0 Å². The van der Waals surface area contributed by atoms with Crippen molar-refractivity contribution in [1.82, 2.24) is 9.80 Å². The second-order valence-electron chi connectivity index (χ2n) is 7.90. The number of hydrogen-bond acceptors (Lipinski definition) is 3. The zero-order chi connectivity index (χ0) is 14.4. The summed E-state index contributed by atoms with van der Waals surface area (Å²) in [6.07, 6.45) is 5.06. The van der Waals surface area contributed by atoms with Gasteiger partial charge in [-0.1, -0.05) is 0 Å². The average Bonchev–Trinajstić information content (AvgIpc) is 2.70. The summed E-state index contributed by atoms with van der Waals surface area (Å²) < 4.78 is 5.51. The molecule has 1 amide bonds. The third-order valence-electron chi connectivity index (χ3n) is 5.32. The molecule has 2 heterocycles. The first-order valence-corrected chi connectivity index (χ1v) is 8.08. The Kier molecular flexibility index (Phi) is 3.47. The second-order valence-corrected chi connectivity index (χ2v) is 7.90. The Hall–Kier alpha value is -0.770. The Morgan fingerprint density at radius 3 is 2.50 bits per heavy atom. The summed E-state index contributed by atoms with van der Waals surface area (Å²) in [6, 6.07) is 0. The topological polar surface area (TPSA) is 32.8 Å². The summed E-state index contributed by atoms with van der Waals surface area (Å²) in [7, 11) is 0. The molecular weight excluding hydrogens is 252 g/mol. The van der Waals surface area contributed by atoms with Crippen LogP contribution in [0.2, 0.25) is 0 Å². The second kappa shape index (κ2) is 4.90. The lowest BCUT2D eigenvalue weighted by Gasteiger charge is -2.50. The van der Waals surface area contributed by atoms with E-state index in [1.165, 1.54) is 45.3 Å². The Bertz CT molecular complexity index is 386. The van der Waals surface area contributed by atoms with Crippen LogP contribution in [0.25, 0.3) is 0 Å². The number of nitrogens with zero attached hydrogens (tertiary/aromatic N) is 2. The minimum atomic E-state index is -0.385. The lowest BCUT2D eigenvalue weighted by Crippen LogP contribution is -2.51. The highest BCUT2D eigenvalue weighted by Crippen LogP contribution is 2.53. The van der Waals surface area contributed by atoms with Crippen LogP contribution in [-0.4, -0.2) is 54.2 Å². The zero-order valence-electron chi connectivity index (χ0n) is 13.2. The molecule has 4 nitrogen and oxygen atoms in total. The molecule has 0 aromatic carbocycles. The fourth-order valence-corrected chi connectivity index (χ4v) is 3.83. The van der Waals surface area contributed by atoms with Crippen molar-refractivity contribution in [3.63, 3.8) is 0 Å². The number of carbonyl (C=O) groups is 1. The quantitative estimate of drug-likeness (QED) is 0.779. The predicted molar refractivity (Wildman–Crippen MR) is 78.6 cm³/mol. The fraction of sp³-hybridized carbons (Fsp3) is 0.938. The number of ether oxygens (including phenoxy) is 1. The highest BCUT2D eigenvalue weighted by atomic mass is 16.6. The standard InChI is InChI=1S/C16H28N2O2/c1-15(2,3)20-14(19)18-10-7-16(12-18)6-5-13(16)11-17-8-4-9-17/h13H,4-12H2,1-3H3/t13?,16-/m0/s1. The minimum absolute atomic E-state index is 0.121. The molecule has 2 aliphatic heterocycles. The Morgan fingerprint density at radius 1 is 1.25 bits per heavy atom. The molecule has 2 saturated heterocycles. The Labute approximate surface area is 122 Å². The van der Waals surface area contributed by atoms with Crippen LogP contribution in [0.15, 0.2) is 0 Å². The minimum Gasteiger partial charge on any atom is -0.444 e. The van der Waals surface area contributed by atoms with Crippen LogP contribution in [0, 0.1) is 11.3 Å². The van der Waals surface area contributed by atoms with Crippen LogP contribution < -0.4 is 0 Å². The summed E-state index contributed by atoms with van der Waals surface area (Å²) in [5, 5.41) is 0. The Morgan fingerprint density at radius 2 is 2.00 bits per heavy atom. The van der Waals surface area contributed by atoms with Gasteiger partial charge in [0.1, 0.15) is 5.60 Å². The van der Waals surface area contributed by atoms with E-state index >= 15 is 0 Å². The van der Waals surface area contributed by atoms with E-state index in [1.807, 2.05) is 25.7 Å². The molecule has 0 aromatic heterocycles. The van der Waals surface area contributed by atoms with Crippen molar-refractivity contribution in [1.29, 1.82) is 0 Å². The number of hydrogen-bond donors (Lipinski definition) is 0. The normalized spacial score (nSPS) is 34.0. The highest BCUT2D eigenvalue weighted by Gasteiger charge is 2.52. The molecule has 0 aromatic rings. The van der Waals surface area contributed by atoms with Crippen LogP contribution >= 0.6 is 0 Å². The third kappa shape index (κ3) is 2.67. The molecule has 114 valence electrons. The lowest BCUT2D eigenvalue weighted by molar-refractivity contribution is -0.0102. The average molecular weight is 280 g/mol. The van der Waals surface area contributed by atoms with Crippen LogP contribution in [0.3, 0.4) is 0 Å². The van der Waals surface area contributed by atoms with E-state index in [0.29, 0.717) is 5.41 Å². The molecule has 3 fully saturated rings. The highest BCUT2D eigenvalue weighted by molar-refractivity contribution is 5.68. The van der Waals surface area contributed by atoms with Crippen molar-refractivity contribution >= 4 is 6.09 Å². The van der Waals surface area contributed by atoms with Crippen LogP contribution in [0.5, 0.6) is 0 Å². The molecule has 3 aliphatic rings. The van der Waals surface area contributed by atoms with Crippen molar-refractivity contribution in [2.45, 2.75) is 52.1 Å². The number of likely N-dealkylation sites (tertiary alicyclic amines) is 2. The van der Waals surface area contributed by atoms with Crippen molar-refractivity contribution in [2.75, 3.05) is 32.7 Å². The van der Waals surface area contributed by atoms with Gasteiger partial charge in [0.15, 0.2) is 0 Å². The molecule has 20 heavy (non-hydrogen) atoms. The molecule has 1 saturated carbocycles. The summed E-state index contributed by atoms with van der Waals surface area (Å²) in [4.78, 5) is 16.7. The first kappa shape index (κ1) is 14.2. The van der Waals surface area contributed by atoms with Crippen LogP contribution in [-0.2, 0) is 4.74 Å². The van der Waals surface area contributed by atoms with E-state index in [4.69, 9.17) is 4.74 Å². The van der Waals surface area contributed by atoms with Crippen molar-refractivity contribution in [3.8, 4) is 0 Å². The molecular formula is C16H28N2O2. The predicted octanol–water partition coefficient (Wildman–Crippen LogP) is 2.73. The Balaban J connectivity index is 1.54. The molecule has 1 unspecified atom stereocenters. The van der Waals surface area contributed by atoms with Gasteiger partial charge >= 0.3 is 6.09 Å². The van der Waals surface area contributed by atoms with E-state index in [1.54, 1.807) is 0 Å². The van der Waals surface area contributed by atoms with Gasteiger partial charge < -0.3 is 14.5 Å². The number of rotatable bonds is 2. The molecule has 0 bridgehead atoms. The smallest absolute Gasteiger partial charge is 0.410 e. The van der Waals surface area contributed by atoms with Crippen molar-refractivity contribution in [2.24, 2.45) is 11.3 Å². The number of carbonyl (C=O) groups excluding carboxylic acids is 1. The van der Waals surface area contributed by atoms with Crippen molar-refractivity contribution in [3.05, 3.63) is 0 Å². The molecule has 4 heteroatoms. The summed E-state index contributed by atoms with van der Waals surface area (Å²) in [6.45, 7) is 11.4. The fourth-order valence-electron chi connectivity index (χ4n) is 3.83. The van der Waals surface area contributed by atoms with Crippen LogP contribution in [0.4, 0.5) is 4.79 Å². The zero-order valence-corrected chi connectivity index (χ0v) is 13.2. The molecule has 0 radical (unpaired) electrons. The van der Waals surface area contributed by atoms with Gasteiger partial charge in [0.2, 0.25) is 0 Å². The third-order valence-corrected chi connectivity index (χ3v) is 5.32. The maximum atomic E-state index is 12.2. The molecule has 1 aliphatic carbocycles. The van der Waals surface area contributed by atoms with Gasteiger partial charge in [0.25, 0.3) is 0 Å². The maximum absolute atomic E-state index is 12.2. The number of amides is 1. The summed E-state index contributed by atoms with van der Waals surface area (Å²) in [5.41, 5.74) is 0.0238. The van der Waals surface area contributed by atoms with E-state index in [2.05, 4.69) is 4.90 Å². The largest absolute Gasteiger partial charge is 0.444 e. The molecule has 3 rings (SSSR count). The van der Waals surface area contributed by atoms with E-state index in [-0.39, 0.29) is 11.7 Å². The first-order chi connectivity index (χ1) is 9.38. The summed E-state index contributed by atoms with van der Waals surface area (Å²) >= 11 is 0. The van der Waals surface area contributed by atoms with Gasteiger partial charge in [0, 0.05) is 19.6 Å². The first-order valence-electron chi connectivity index (χ1n) is 8.08. The SMILES string of the molecule is CC(C)(C)OC(=O)N1CC[C@@]2(CCC2CN2CCC2)C1. The van der Waals surface area contributed by atoms with Gasteiger partial charge in [0.05, 0.1) is 0 Å². The molecule has 1 spiro atoms. The van der Waals surface area contributed by atoms with Gasteiger partial charge in [-0.05, 0) is 70.9 Å². The lowest BCUT2D eigenvalue weighted by atomic mass is 9.59. The van der Waals surface area contributed by atoms with Gasteiger partial charge in [-0.3, -0.25) is 0 Å². The van der Waals surface area contributed by atoms with Crippen molar-refractivity contribution < 1.29 is 9.53 Å². The van der Waals surface area contributed by atoms with E-state index in [9.17, 15) is 4.79 Å². The van der Waals surface area contributed by atoms with Gasteiger partial charge in [-0.2, -0.15) is 0 Å².